The maximum absolute atomic E-state index is 2.34. The normalized spacial score (nSPS) is 14.0. The van der Waals surface area contributed by atoms with Crippen LogP contribution in [0.5, 0.6) is 0 Å². The van der Waals surface area contributed by atoms with E-state index in [9.17, 15) is 0 Å². The van der Waals surface area contributed by atoms with Gasteiger partial charge in [-0.05, 0) is 52.7 Å². The fourth-order valence-electron chi connectivity index (χ4n) is 4.37. The van der Waals surface area contributed by atoms with Crippen molar-refractivity contribution in [2.75, 3.05) is 0 Å². The van der Waals surface area contributed by atoms with Crippen molar-refractivity contribution in [1.29, 1.82) is 0 Å². The van der Waals surface area contributed by atoms with Crippen LogP contribution < -0.4 is 0 Å². The predicted molar refractivity (Wildman–Crippen MR) is 208 cm³/mol. The summed E-state index contributed by atoms with van der Waals surface area (Å²) >= 11 is 0. The molecule has 1 atom stereocenters. The van der Waals surface area contributed by atoms with Gasteiger partial charge in [0.15, 0.2) is 0 Å². The lowest BCUT2D eigenvalue weighted by molar-refractivity contribution is 0.829. The summed E-state index contributed by atoms with van der Waals surface area (Å²) in [6, 6.07) is 40.0. The average Bonchev–Trinajstić information content (AvgIpc) is 3.13. The molecule has 0 amide bonds. The number of rotatable bonds is 8. The monoisotopic (exact) mass is 604 g/mol. The van der Waals surface area contributed by atoms with Crippen LogP contribution >= 0.6 is 0 Å². The first-order valence-electron chi connectivity index (χ1n) is 16.7. The van der Waals surface area contributed by atoms with Crippen LogP contribution in [0.15, 0.2) is 182 Å². The van der Waals surface area contributed by atoms with Gasteiger partial charge in [-0.3, -0.25) is 0 Å². The molecule has 0 spiro atoms. The Morgan fingerprint density at radius 1 is 0.543 bits per heavy atom. The van der Waals surface area contributed by atoms with Gasteiger partial charge >= 0.3 is 0 Å². The van der Waals surface area contributed by atoms with Gasteiger partial charge in [-0.2, -0.15) is 0 Å². The Kier molecular flexibility index (Phi) is 19.7. The van der Waals surface area contributed by atoms with Crippen molar-refractivity contribution < 1.29 is 0 Å². The summed E-state index contributed by atoms with van der Waals surface area (Å²) in [7, 11) is 0. The van der Waals surface area contributed by atoms with Gasteiger partial charge in [0.2, 0.25) is 0 Å². The van der Waals surface area contributed by atoms with E-state index in [0.717, 1.165) is 6.42 Å². The molecule has 236 valence electrons. The van der Waals surface area contributed by atoms with E-state index in [0.29, 0.717) is 5.92 Å². The third-order valence-corrected chi connectivity index (χ3v) is 6.63. The average molecular weight is 605 g/mol. The highest BCUT2D eigenvalue weighted by Gasteiger charge is 2.07. The topological polar surface area (TPSA) is 0 Å². The van der Waals surface area contributed by atoms with Crippen molar-refractivity contribution in [3.05, 3.63) is 199 Å². The summed E-state index contributed by atoms with van der Waals surface area (Å²) in [5, 5.41) is 0. The number of allylic oxidation sites excluding steroid dienone is 12. The lowest BCUT2D eigenvalue weighted by atomic mass is 9.92. The van der Waals surface area contributed by atoms with E-state index in [1.165, 1.54) is 39.8 Å². The zero-order valence-electron chi connectivity index (χ0n) is 28.5. The van der Waals surface area contributed by atoms with Crippen molar-refractivity contribution in [1.82, 2.24) is 0 Å². The van der Waals surface area contributed by atoms with Gasteiger partial charge in [0.25, 0.3) is 0 Å². The third kappa shape index (κ3) is 15.2. The third-order valence-electron chi connectivity index (χ3n) is 6.63. The molecule has 4 aromatic carbocycles. The molecule has 0 heterocycles. The van der Waals surface area contributed by atoms with E-state index in [4.69, 9.17) is 0 Å². The summed E-state index contributed by atoms with van der Waals surface area (Å²) < 4.78 is 0. The summed E-state index contributed by atoms with van der Waals surface area (Å²) in [5.41, 5.74) is 7.59. The smallest absolute Gasteiger partial charge is 0.00120 e. The predicted octanol–water partition coefficient (Wildman–Crippen LogP) is 13.9. The molecule has 0 radical (unpaired) electrons. The van der Waals surface area contributed by atoms with Gasteiger partial charge in [0, 0.05) is 0 Å². The van der Waals surface area contributed by atoms with Gasteiger partial charge in [0.05, 0.1) is 0 Å². The molecular formula is C46H52. The van der Waals surface area contributed by atoms with E-state index in [-0.39, 0.29) is 0 Å². The van der Waals surface area contributed by atoms with Crippen molar-refractivity contribution in [3.8, 4) is 11.1 Å². The molecule has 0 heteroatoms. The van der Waals surface area contributed by atoms with Crippen LogP contribution in [-0.4, -0.2) is 0 Å². The quantitative estimate of drug-likeness (QED) is 0.176. The molecular weight excluding hydrogens is 553 g/mol. The van der Waals surface area contributed by atoms with Crippen molar-refractivity contribution in [3.63, 3.8) is 0 Å². The first kappa shape index (κ1) is 37.2. The number of hydrogen-bond acceptors (Lipinski definition) is 0. The first-order valence-corrected chi connectivity index (χ1v) is 16.7. The van der Waals surface area contributed by atoms with Gasteiger partial charge < -0.3 is 0 Å². The highest BCUT2D eigenvalue weighted by atomic mass is 14.1. The van der Waals surface area contributed by atoms with Gasteiger partial charge in [0.1, 0.15) is 0 Å². The summed E-state index contributed by atoms with van der Waals surface area (Å²) in [5.74, 6) is 0.467. The molecule has 0 bridgehead atoms. The highest BCUT2D eigenvalue weighted by Crippen LogP contribution is 2.26. The van der Waals surface area contributed by atoms with E-state index in [2.05, 4.69) is 160 Å². The minimum Gasteiger partial charge on any atom is -0.0877 e. The van der Waals surface area contributed by atoms with Crippen LogP contribution in [-0.2, 0) is 0 Å². The molecule has 0 nitrogen and oxygen atoms in total. The fourth-order valence-corrected chi connectivity index (χ4v) is 4.37. The second-order valence-electron chi connectivity index (χ2n) is 10.4. The summed E-state index contributed by atoms with van der Waals surface area (Å²) in [6.45, 7) is 10.3. The molecule has 0 aliphatic heterocycles. The minimum absolute atomic E-state index is 0.467. The van der Waals surface area contributed by atoms with Crippen LogP contribution in [0.1, 0.15) is 64.2 Å². The maximum atomic E-state index is 2.34. The Labute approximate surface area is 280 Å². The Morgan fingerprint density at radius 3 is 1.52 bits per heavy atom. The molecule has 5 rings (SSSR count). The largest absolute Gasteiger partial charge is 0.0877 e. The van der Waals surface area contributed by atoms with Crippen LogP contribution in [0, 0.1) is 5.92 Å². The summed E-state index contributed by atoms with van der Waals surface area (Å²) in [4.78, 5) is 0. The molecule has 1 aliphatic rings. The SMILES string of the molecule is CC.CCC.C\C=C/C=C\C=C\C=C\c1ccc(C2=CCC(/C=C/c3ccccc3)C=C2)cc1.c1ccc(-c2ccccc2)cc1. The Balaban J connectivity index is 0.000000356. The standard InChI is InChI=1S/C29H28.C12H10.C3H8.C2H6/c1-2-3-4-5-6-7-9-14-26-17-21-28(22-18-26)29-23-19-27(20-24-29)16-15-25-12-10-8-11-13-25;1-3-7-11(8-4-1)12-9-5-2-6-10-12;1-3-2;1-2/h2-19,21-24,27H,20H2,1H3;1-10H;3H2,1-2H3;1-2H3/b3-2-,5-4-,7-6+,14-9+,16-15+;;;. The molecule has 0 fully saturated rings. The summed E-state index contributed by atoms with van der Waals surface area (Å²) in [6.07, 6.45) is 30.0. The molecule has 0 aromatic heterocycles. The lowest BCUT2D eigenvalue weighted by Gasteiger charge is -2.13. The Hall–Kier alpha value is -4.94. The van der Waals surface area contributed by atoms with Crippen LogP contribution in [0.25, 0.3) is 28.9 Å². The van der Waals surface area contributed by atoms with Crippen molar-refractivity contribution >= 4 is 17.7 Å². The van der Waals surface area contributed by atoms with Crippen LogP contribution in [0.3, 0.4) is 0 Å². The zero-order chi connectivity index (χ0) is 33.1. The molecule has 0 N–H and O–H groups in total. The van der Waals surface area contributed by atoms with E-state index < -0.39 is 0 Å². The number of benzene rings is 4. The zero-order valence-corrected chi connectivity index (χ0v) is 28.5. The molecule has 46 heavy (non-hydrogen) atoms. The van der Waals surface area contributed by atoms with Crippen molar-refractivity contribution in [2.24, 2.45) is 5.92 Å². The Bertz CT molecular complexity index is 1490. The van der Waals surface area contributed by atoms with Gasteiger partial charge in [-0.1, -0.05) is 228 Å². The molecule has 0 saturated carbocycles. The Morgan fingerprint density at radius 2 is 1.02 bits per heavy atom. The van der Waals surface area contributed by atoms with Gasteiger partial charge in [-0.15, -0.1) is 0 Å². The van der Waals surface area contributed by atoms with E-state index >= 15 is 0 Å². The van der Waals surface area contributed by atoms with Crippen molar-refractivity contribution in [2.45, 2.75) is 47.5 Å². The molecule has 1 unspecified atom stereocenters. The second-order valence-corrected chi connectivity index (χ2v) is 10.4. The van der Waals surface area contributed by atoms with Crippen LogP contribution in [0.2, 0.25) is 0 Å². The molecule has 1 aliphatic carbocycles. The number of hydrogen-bond donors (Lipinski definition) is 0. The lowest BCUT2D eigenvalue weighted by Crippen LogP contribution is -1.96. The van der Waals surface area contributed by atoms with Gasteiger partial charge in [-0.25, -0.2) is 0 Å². The minimum atomic E-state index is 0.467. The fraction of sp³-hybridized carbons (Fsp3) is 0.174. The molecule has 4 aromatic rings. The maximum Gasteiger partial charge on any atom is -0.00120 e. The van der Waals surface area contributed by atoms with E-state index in [1.807, 2.05) is 69.4 Å². The van der Waals surface area contributed by atoms with Crippen LogP contribution in [0.4, 0.5) is 0 Å². The first-order chi connectivity index (χ1) is 22.7. The van der Waals surface area contributed by atoms with E-state index in [1.54, 1.807) is 0 Å². The molecule has 0 saturated heterocycles. The highest BCUT2D eigenvalue weighted by molar-refractivity contribution is 5.76. The second kappa shape index (κ2) is 24.4.